The maximum Gasteiger partial charge on any atom is 0.294 e. The summed E-state index contributed by atoms with van der Waals surface area (Å²) in [4.78, 5) is 10.5. The molecule has 7 nitrogen and oxygen atoms in total. The number of nitrogens with zero attached hydrogens (tertiary/aromatic N) is 3. The molecule has 0 amide bonds. The van der Waals surface area contributed by atoms with Gasteiger partial charge in [-0.3, -0.25) is 15.5 Å². The average Bonchev–Trinajstić information content (AvgIpc) is 2.58. The van der Waals surface area contributed by atoms with Crippen LogP contribution in [-0.2, 0) is 0 Å². The van der Waals surface area contributed by atoms with Crippen LogP contribution < -0.4 is 10.2 Å². The molecule has 7 heteroatoms. The van der Waals surface area contributed by atoms with E-state index < -0.39 is 4.92 Å². The zero-order chi connectivity index (χ0) is 16.7. The average molecular weight is 310 g/mol. The van der Waals surface area contributed by atoms with Crippen molar-refractivity contribution in [3.63, 3.8) is 0 Å². The van der Waals surface area contributed by atoms with Crippen LogP contribution >= 0.6 is 0 Å². The summed E-state index contributed by atoms with van der Waals surface area (Å²) in [6.45, 7) is 1.78. The maximum atomic E-state index is 10.9. The first kappa shape index (κ1) is 16.0. The van der Waals surface area contributed by atoms with Gasteiger partial charge >= 0.3 is 0 Å². The topological polar surface area (TPSA) is 101 Å². The highest BCUT2D eigenvalue weighted by molar-refractivity contribution is 5.99. The molecule has 0 saturated carbocycles. The number of hydrogen-bond acceptors (Lipinski definition) is 6. The first-order valence-electron chi connectivity index (χ1n) is 6.75. The highest BCUT2D eigenvalue weighted by Gasteiger charge is 2.11. The SMILES string of the molecule is C/C(=N/Nc1ccccc1[N+](=O)[O-])c1ccc(OCC#N)cc1. The first-order valence-corrected chi connectivity index (χ1v) is 6.75. The number of nitro groups is 1. The fourth-order valence-corrected chi connectivity index (χ4v) is 1.84. The summed E-state index contributed by atoms with van der Waals surface area (Å²) >= 11 is 0. The van der Waals surface area contributed by atoms with Gasteiger partial charge in [-0.05, 0) is 42.8 Å². The molecule has 0 spiro atoms. The second kappa shape index (κ2) is 7.56. The van der Waals surface area contributed by atoms with Crippen LogP contribution in [0.5, 0.6) is 5.75 Å². The predicted molar refractivity (Wildman–Crippen MR) is 86.5 cm³/mol. The second-order valence-corrected chi connectivity index (χ2v) is 4.55. The van der Waals surface area contributed by atoms with Crippen LogP contribution in [0.25, 0.3) is 0 Å². The number of nitriles is 1. The Morgan fingerprint density at radius 3 is 2.65 bits per heavy atom. The molecule has 0 heterocycles. The third-order valence-electron chi connectivity index (χ3n) is 3.02. The van der Waals surface area contributed by atoms with Gasteiger partial charge in [-0.2, -0.15) is 10.4 Å². The molecular formula is C16H14N4O3. The van der Waals surface area contributed by atoms with Gasteiger partial charge in [0.15, 0.2) is 6.61 Å². The highest BCUT2D eigenvalue weighted by Crippen LogP contribution is 2.23. The third kappa shape index (κ3) is 4.28. The molecule has 0 bridgehead atoms. The molecular weight excluding hydrogens is 296 g/mol. The number of anilines is 1. The summed E-state index contributed by atoms with van der Waals surface area (Å²) in [7, 11) is 0. The smallest absolute Gasteiger partial charge is 0.294 e. The van der Waals surface area contributed by atoms with Crippen LogP contribution in [0.15, 0.2) is 53.6 Å². The van der Waals surface area contributed by atoms with Gasteiger partial charge in [-0.1, -0.05) is 12.1 Å². The number of benzene rings is 2. The van der Waals surface area contributed by atoms with E-state index in [0.717, 1.165) is 5.56 Å². The second-order valence-electron chi connectivity index (χ2n) is 4.55. The normalized spacial score (nSPS) is 10.7. The summed E-state index contributed by atoms with van der Waals surface area (Å²) in [5.74, 6) is 0.592. The Hall–Kier alpha value is -3.40. The number of nitro benzene ring substituents is 1. The number of hydrogen-bond donors (Lipinski definition) is 1. The van der Waals surface area contributed by atoms with Crippen molar-refractivity contribution in [3.8, 4) is 11.8 Å². The van der Waals surface area contributed by atoms with E-state index in [0.29, 0.717) is 17.1 Å². The van der Waals surface area contributed by atoms with Crippen LogP contribution in [0, 0.1) is 21.4 Å². The quantitative estimate of drug-likeness (QED) is 0.501. The van der Waals surface area contributed by atoms with E-state index >= 15 is 0 Å². The van der Waals surface area contributed by atoms with Gasteiger partial charge in [0.1, 0.15) is 17.5 Å². The fraction of sp³-hybridized carbons (Fsp3) is 0.125. The van der Waals surface area contributed by atoms with Crippen molar-refractivity contribution in [2.24, 2.45) is 5.10 Å². The highest BCUT2D eigenvalue weighted by atomic mass is 16.6. The summed E-state index contributed by atoms with van der Waals surface area (Å²) < 4.78 is 5.17. The Bertz CT molecular complexity index is 764. The number of rotatable bonds is 6. The van der Waals surface area contributed by atoms with E-state index in [9.17, 15) is 10.1 Å². The van der Waals surface area contributed by atoms with Crippen LogP contribution in [0.1, 0.15) is 12.5 Å². The number of nitrogens with one attached hydrogen (secondary N) is 1. The van der Waals surface area contributed by atoms with Gasteiger partial charge < -0.3 is 4.74 Å². The van der Waals surface area contributed by atoms with Crippen LogP contribution in [0.4, 0.5) is 11.4 Å². The monoisotopic (exact) mass is 310 g/mol. The summed E-state index contributed by atoms with van der Waals surface area (Å²) in [5.41, 5.74) is 4.50. The third-order valence-corrected chi connectivity index (χ3v) is 3.02. The standard InChI is InChI=1S/C16H14N4O3/c1-12(13-6-8-14(9-7-13)23-11-10-17)18-19-15-4-2-3-5-16(15)20(21)22/h2-9,19H,11H2,1H3/b18-12-. The van der Waals surface area contributed by atoms with Crippen molar-refractivity contribution >= 4 is 17.1 Å². The summed E-state index contributed by atoms with van der Waals surface area (Å²) in [6.07, 6.45) is 0. The zero-order valence-corrected chi connectivity index (χ0v) is 12.4. The van der Waals surface area contributed by atoms with E-state index in [1.165, 1.54) is 6.07 Å². The molecule has 0 atom stereocenters. The van der Waals surface area contributed by atoms with Crippen LogP contribution in [-0.4, -0.2) is 17.2 Å². The van der Waals surface area contributed by atoms with Crippen LogP contribution in [0.2, 0.25) is 0 Å². The fourth-order valence-electron chi connectivity index (χ4n) is 1.84. The molecule has 0 unspecified atom stereocenters. The van der Waals surface area contributed by atoms with Crippen molar-refractivity contribution in [2.45, 2.75) is 6.92 Å². The predicted octanol–water partition coefficient (Wildman–Crippen LogP) is 3.33. The van der Waals surface area contributed by atoms with Gasteiger partial charge in [0, 0.05) is 6.07 Å². The maximum absolute atomic E-state index is 10.9. The van der Waals surface area contributed by atoms with E-state index in [1.807, 2.05) is 6.07 Å². The lowest BCUT2D eigenvalue weighted by Crippen LogP contribution is -2.02. The molecule has 0 radical (unpaired) electrons. The van der Waals surface area contributed by atoms with Gasteiger partial charge in [0.2, 0.25) is 0 Å². The van der Waals surface area contributed by atoms with Crippen LogP contribution in [0.3, 0.4) is 0 Å². The Labute approximate surface area is 133 Å². The Morgan fingerprint density at radius 1 is 1.30 bits per heavy atom. The van der Waals surface area contributed by atoms with Crippen molar-refractivity contribution < 1.29 is 9.66 Å². The molecule has 1 N–H and O–H groups in total. The zero-order valence-electron chi connectivity index (χ0n) is 12.4. The molecule has 0 aromatic heterocycles. The number of hydrazone groups is 1. The first-order chi connectivity index (χ1) is 11.1. The number of para-hydroxylation sites is 2. The minimum absolute atomic E-state index is 0.00829. The van der Waals surface area contributed by atoms with Crippen molar-refractivity contribution in [1.82, 2.24) is 0 Å². The number of ether oxygens (including phenoxy) is 1. The Balaban J connectivity index is 2.11. The van der Waals surface area contributed by atoms with Gasteiger partial charge in [0.05, 0.1) is 10.6 Å². The minimum Gasteiger partial charge on any atom is -0.479 e. The van der Waals surface area contributed by atoms with Gasteiger partial charge in [0.25, 0.3) is 5.69 Å². The molecule has 0 fully saturated rings. The molecule has 0 aliphatic heterocycles. The van der Waals surface area contributed by atoms with Gasteiger partial charge in [-0.25, -0.2) is 0 Å². The Kier molecular flexibility index (Phi) is 5.25. The Morgan fingerprint density at radius 2 is 2.00 bits per heavy atom. The summed E-state index contributed by atoms with van der Waals surface area (Å²) in [5, 5.41) is 23.6. The lowest BCUT2D eigenvalue weighted by atomic mass is 10.1. The molecule has 2 aromatic carbocycles. The molecule has 0 aliphatic rings. The van der Waals surface area contributed by atoms with E-state index in [1.54, 1.807) is 49.4 Å². The molecule has 0 saturated heterocycles. The largest absolute Gasteiger partial charge is 0.479 e. The van der Waals surface area contributed by atoms with Crippen molar-refractivity contribution in [3.05, 3.63) is 64.2 Å². The van der Waals surface area contributed by atoms with E-state index in [2.05, 4.69) is 10.5 Å². The molecule has 0 aliphatic carbocycles. The lowest BCUT2D eigenvalue weighted by molar-refractivity contribution is -0.384. The van der Waals surface area contributed by atoms with Crippen molar-refractivity contribution in [1.29, 1.82) is 5.26 Å². The van der Waals surface area contributed by atoms with E-state index in [4.69, 9.17) is 10.00 Å². The van der Waals surface area contributed by atoms with E-state index in [-0.39, 0.29) is 12.3 Å². The van der Waals surface area contributed by atoms with Gasteiger partial charge in [-0.15, -0.1) is 0 Å². The molecule has 23 heavy (non-hydrogen) atoms. The molecule has 2 aromatic rings. The summed E-state index contributed by atoms with van der Waals surface area (Å²) in [6, 6.07) is 15.3. The lowest BCUT2D eigenvalue weighted by Gasteiger charge is -2.06. The molecule has 116 valence electrons. The minimum atomic E-state index is -0.464. The van der Waals surface area contributed by atoms with Crippen molar-refractivity contribution in [2.75, 3.05) is 12.0 Å². The molecule has 2 rings (SSSR count).